The van der Waals surface area contributed by atoms with Crippen molar-refractivity contribution in [3.05, 3.63) is 65.7 Å². The van der Waals surface area contributed by atoms with Gasteiger partial charge in [-0.3, -0.25) is 9.69 Å². The van der Waals surface area contributed by atoms with Gasteiger partial charge in [0.15, 0.2) is 0 Å². The number of hydrogen-bond donors (Lipinski definition) is 1. The van der Waals surface area contributed by atoms with E-state index >= 15 is 0 Å². The van der Waals surface area contributed by atoms with Crippen molar-refractivity contribution in [1.29, 1.82) is 0 Å². The van der Waals surface area contributed by atoms with Crippen LogP contribution in [0.4, 0.5) is 9.18 Å². The summed E-state index contributed by atoms with van der Waals surface area (Å²) in [6.07, 6.45) is 9.70. The number of nitrogens with zero attached hydrogens (tertiary/aromatic N) is 4. The molecule has 0 radical (unpaired) electrons. The van der Waals surface area contributed by atoms with Gasteiger partial charge < -0.3 is 19.5 Å². The van der Waals surface area contributed by atoms with E-state index in [2.05, 4.69) is 52.0 Å². The molecule has 258 valence electrons. The van der Waals surface area contributed by atoms with E-state index in [9.17, 15) is 14.0 Å². The van der Waals surface area contributed by atoms with Crippen LogP contribution in [0, 0.1) is 12.7 Å². The summed E-state index contributed by atoms with van der Waals surface area (Å²) in [4.78, 5) is 36.5. The number of fused-ring (bicyclic) bond motifs is 3. The molecule has 2 unspecified atom stereocenters. The van der Waals surface area contributed by atoms with Crippen LogP contribution in [0.1, 0.15) is 109 Å². The Hall–Kier alpha value is -3.46. The Morgan fingerprint density at radius 2 is 1.65 bits per heavy atom. The van der Waals surface area contributed by atoms with Crippen LogP contribution in [-0.2, 0) is 14.9 Å². The Bertz CT molecular complexity index is 1630. The number of nitrogens with one attached hydrogen (secondary N) is 1. The molecule has 9 heteroatoms. The molecule has 3 aliphatic heterocycles. The highest BCUT2D eigenvalue weighted by Crippen LogP contribution is 2.45. The number of ether oxygens (including phenoxy) is 1. The average Bonchev–Trinajstić information content (AvgIpc) is 3.72. The molecule has 1 aromatic heterocycles. The number of rotatable bonds is 7. The van der Waals surface area contributed by atoms with Crippen molar-refractivity contribution in [2.75, 3.05) is 19.6 Å². The fraction of sp³-hybridized carbons (Fsp3) is 0.615. The van der Waals surface area contributed by atoms with Crippen molar-refractivity contribution < 1.29 is 18.7 Å². The van der Waals surface area contributed by atoms with Gasteiger partial charge in [-0.1, -0.05) is 37.1 Å². The van der Waals surface area contributed by atoms with Gasteiger partial charge in [-0.2, -0.15) is 0 Å². The molecule has 2 atom stereocenters. The Morgan fingerprint density at radius 1 is 0.958 bits per heavy atom. The Kier molecular flexibility index (Phi) is 8.80. The first-order valence-electron chi connectivity index (χ1n) is 18.2. The van der Waals surface area contributed by atoms with Gasteiger partial charge in [0.1, 0.15) is 22.8 Å². The number of likely N-dealkylation sites (tertiary alicyclic amines) is 1. The summed E-state index contributed by atoms with van der Waals surface area (Å²) in [5, 5.41) is 3.00. The van der Waals surface area contributed by atoms with Gasteiger partial charge in [-0.25, -0.2) is 14.2 Å². The number of carbonyl (C=O) groups is 2. The van der Waals surface area contributed by atoms with Crippen LogP contribution in [0.2, 0.25) is 0 Å². The Morgan fingerprint density at radius 3 is 2.31 bits per heavy atom. The molecule has 0 spiro atoms. The van der Waals surface area contributed by atoms with Crippen molar-refractivity contribution >= 4 is 23.0 Å². The van der Waals surface area contributed by atoms with E-state index in [1.165, 1.54) is 24.4 Å². The van der Waals surface area contributed by atoms with Crippen LogP contribution in [-0.4, -0.2) is 74.2 Å². The van der Waals surface area contributed by atoms with Crippen LogP contribution >= 0.6 is 0 Å². The maximum Gasteiger partial charge on any atom is 0.408 e. The number of halogens is 1. The number of benzene rings is 2. The van der Waals surface area contributed by atoms with Crippen LogP contribution in [0.25, 0.3) is 11.0 Å². The lowest BCUT2D eigenvalue weighted by atomic mass is 9.70. The highest BCUT2D eigenvalue weighted by molar-refractivity contribution is 5.90. The zero-order valence-electron chi connectivity index (χ0n) is 29.1. The monoisotopic (exact) mass is 657 g/mol. The molecule has 3 aromatic rings. The number of aryl methyl sites for hydroxylation is 1. The lowest BCUT2D eigenvalue weighted by Crippen LogP contribution is -2.60. The second kappa shape index (κ2) is 12.8. The lowest BCUT2D eigenvalue weighted by molar-refractivity contribution is -0.140. The lowest BCUT2D eigenvalue weighted by Gasteiger charge is -2.47. The fourth-order valence-electron chi connectivity index (χ4n) is 9.60. The minimum Gasteiger partial charge on any atom is -0.444 e. The summed E-state index contributed by atoms with van der Waals surface area (Å²) in [6.45, 7) is 9.80. The number of hydrogen-bond acceptors (Lipinski definition) is 5. The molecule has 4 aliphatic rings. The van der Waals surface area contributed by atoms with Gasteiger partial charge in [0, 0.05) is 31.2 Å². The van der Waals surface area contributed by atoms with Crippen LogP contribution in [0.3, 0.4) is 0 Å². The topological polar surface area (TPSA) is 79.7 Å². The highest BCUT2D eigenvalue weighted by atomic mass is 19.1. The molecule has 2 amide bonds. The van der Waals surface area contributed by atoms with Crippen LogP contribution in [0.15, 0.2) is 48.5 Å². The van der Waals surface area contributed by atoms with Crippen molar-refractivity contribution in [3.63, 3.8) is 0 Å². The maximum atomic E-state index is 14.7. The normalized spacial score (nSPS) is 25.4. The number of piperidine rings is 2. The SMILES string of the molecule is Cc1nc2ccccc2n1C1CC2CCC(C1)N2CCC1(c2cccc(F)c2)CCN(C(=O)C2(NC(=O)OC(C)(C)C)CCCC2)CC1. The standard InChI is InChI=1S/C39H52FN5O3/c1-27-41-33-12-5-6-13-34(33)45(27)32-25-30-14-15-31(26-32)44(30)23-20-38(28-10-9-11-29(40)24-28)18-21-43(22-19-38)35(46)39(16-7-8-17-39)42-36(47)48-37(2,3)4/h5-6,9-13,24,30-32H,7-8,14-23,25-26H2,1-4H3,(H,42,47). The summed E-state index contributed by atoms with van der Waals surface area (Å²) >= 11 is 0. The van der Waals surface area contributed by atoms with E-state index in [1.807, 2.05) is 31.7 Å². The predicted octanol–water partition coefficient (Wildman–Crippen LogP) is 7.44. The molecule has 1 aliphatic carbocycles. The third kappa shape index (κ3) is 6.35. The van der Waals surface area contributed by atoms with E-state index in [0.717, 1.165) is 68.4 Å². The zero-order chi connectivity index (χ0) is 33.7. The third-order valence-corrected chi connectivity index (χ3v) is 11.9. The summed E-state index contributed by atoms with van der Waals surface area (Å²) in [6, 6.07) is 17.1. The molecule has 48 heavy (non-hydrogen) atoms. The number of alkyl carbamates (subject to hydrolysis) is 1. The fourth-order valence-corrected chi connectivity index (χ4v) is 9.60. The first kappa shape index (κ1) is 33.1. The average molecular weight is 658 g/mol. The van der Waals surface area contributed by atoms with Gasteiger partial charge >= 0.3 is 6.09 Å². The summed E-state index contributed by atoms with van der Waals surface area (Å²) < 4.78 is 22.7. The molecule has 4 heterocycles. The molecule has 2 bridgehead atoms. The number of para-hydroxylation sites is 2. The van der Waals surface area contributed by atoms with E-state index < -0.39 is 17.2 Å². The first-order chi connectivity index (χ1) is 23.0. The predicted molar refractivity (Wildman–Crippen MR) is 185 cm³/mol. The number of amides is 2. The molecular formula is C39H52FN5O3. The first-order valence-corrected chi connectivity index (χ1v) is 18.2. The summed E-state index contributed by atoms with van der Waals surface area (Å²) in [5.74, 6) is 0.892. The molecule has 8 nitrogen and oxygen atoms in total. The minimum atomic E-state index is -0.913. The maximum absolute atomic E-state index is 14.7. The van der Waals surface area contributed by atoms with Crippen molar-refractivity contribution in [3.8, 4) is 0 Å². The van der Waals surface area contributed by atoms with E-state index in [-0.39, 0.29) is 17.1 Å². The van der Waals surface area contributed by atoms with Crippen molar-refractivity contribution in [2.45, 2.75) is 133 Å². The molecule has 1 N–H and O–H groups in total. The molecule has 1 saturated carbocycles. The molecule has 2 aromatic carbocycles. The second-order valence-corrected chi connectivity index (χ2v) is 16.0. The third-order valence-electron chi connectivity index (χ3n) is 11.9. The largest absolute Gasteiger partial charge is 0.444 e. The van der Waals surface area contributed by atoms with E-state index in [0.29, 0.717) is 44.1 Å². The molecular weight excluding hydrogens is 605 g/mol. The van der Waals surface area contributed by atoms with Gasteiger partial charge in [-0.15, -0.1) is 0 Å². The molecule has 7 rings (SSSR count). The second-order valence-electron chi connectivity index (χ2n) is 16.0. The van der Waals surface area contributed by atoms with Gasteiger partial charge in [0.05, 0.1) is 11.0 Å². The highest BCUT2D eigenvalue weighted by Gasteiger charge is 2.49. The number of carbonyl (C=O) groups excluding carboxylic acids is 2. The smallest absolute Gasteiger partial charge is 0.408 e. The summed E-state index contributed by atoms with van der Waals surface area (Å²) in [5.41, 5.74) is 1.59. The molecule has 3 saturated heterocycles. The van der Waals surface area contributed by atoms with Crippen molar-refractivity contribution in [1.82, 2.24) is 24.7 Å². The quantitative estimate of drug-likeness (QED) is 0.286. The minimum absolute atomic E-state index is 0.00105. The van der Waals surface area contributed by atoms with E-state index in [1.54, 1.807) is 6.07 Å². The molecule has 4 fully saturated rings. The van der Waals surface area contributed by atoms with Crippen LogP contribution < -0.4 is 5.32 Å². The van der Waals surface area contributed by atoms with Gasteiger partial charge in [0.25, 0.3) is 0 Å². The van der Waals surface area contributed by atoms with Gasteiger partial charge in [0.2, 0.25) is 5.91 Å². The Balaban J connectivity index is 1.05. The summed E-state index contributed by atoms with van der Waals surface area (Å²) in [7, 11) is 0. The van der Waals surface area contributed by atoms with E-state index in [4.69, 9.17) is 9.72 Å². The van der Waals surface area contributed by atoms with Gasteiger partial charge in [-0.05, 0) is 127 Å². The van der Waals surface area contributed by atoms with Crippen LogP contribution in [0.5, 0.6) is 0 Å². The van der Waals surface area contributed by atoms with Crippen molar-refractivity contribution in [2.24, 2.45) is 0 Å². The Labute approximate surface area is 284 Å². The number of aromatic nitrogens is 2. The zero-order valence-corrected chi connectivity index (χ0v) is 29.1. The number of imidazole rings is 1.